The number of nitrogens with zero attached hydrogens (tertiary/aromatic N) is 1. The number of rotatable bonds is 12. The van der Waals surface area contributed by atoms with Crippen molar-refractivity contribution >= 4 is 35.8 Å². The number of benzene rings is 1. The number of hydrogen-bond acceptors (Lipinski definition) is 10. The zero-order valence-corrected chi connectivity index (χ0v) is 20.6. The molecule has 0 fully saturated rings. The van der Waals surface area contributed by atoms with Crippen LogP contribution in [0.1, 0.15) is 24.8 Å². The monoisotopic (exact) mass is 547 g/mol. The molecular weight excluding hydrogens is 510 g/mol. The number of carbonyl (C=O) groups is 5. The number of hydrogen-bond donors (Lipinski definition) is 11. The van der Waals surface area contributed by atoms with E-state index < -0.39 is 54.4 Å². The normalized spacial score (nSPS) is 11.7. The summed E-state index contributed by atoms with van der Waals surface area (Å²) < 4.78 is 0. The van der Waals surface area contributed by atoms with Gasteiger partial charge in [-0.05, 0) is 24.8 Å². The highest BCUT2D eigenvalue weighted by Gasteiger charge is 2.14. The van der Waals surface area contributed by atoms with Crippen LogP contribution in [-0.4, -0.2) is 92.6 Å². The van der Waals surface area contributed by atoms with Gasteiger partial charge in [-0.3, -0.25) is 29.0 Å². The van der Waals surface area contributed by atoms with Gasteiger partial charge in [-0.15, -0.1) is 0 Å². The quantitative estimate of drug-likeness (QED) is 0.0704. The fraction of sp³-hybridized carbons (Fsp3) is 0.429. The number of carboxylic acids is 5. The molecule has 0 radical (unpaired) electrons. The Labute approximate surface area is 218 Å². The molecule has 0 spiro atoms. The predicted molar refractivity (Wildman–Crippen MR) is 136 cm³/mol. The minimum Gasteiger partial charge on any atom is -0.481 e. The lowest BCUT2D eigenvalue weighted by Crippen LogP contribution is -2.32. The molecule has 0 aromatic heterocycles. The van der Waals surface area contributed by atoms with E-state index in [9.17, 15) is 24.0 Å². The molecule has 0 saturated carbocycles. The van der Waals surface area contributed by atoms with Crippen LogP contribution < -0.4 is 34.4 Å². The van der Waals surface area contributed by atoms with Gasteiger partial charge in [-0.1, -0.05) is 30.3 Å². The molecular formula is C21H37N7O10. The fourth-order valence-electron chi connectivity index (χ4n) is 1.87. The maximum absolute atomic E-state index is 10.4. The van der Waals surface area contributed by atoms with Crippen molar-refractivity contribution in [3.8, 4) is 0 Å². The Hall–Kier alpha value is -4.32. The Morgan fingerprint density at radius 1 is 0.737 bits per heavy atom. The summed E-state index contributed by atoms with van der Waals surface area (Å²) >= 11 is 0. The summed E-state index contributed by atoms with van der Waals surface area (Å²) in [6.45, 7) is 0.142. The highest BCUT2D eigenvalue weighted by molar-refractivity contribution is 5.80. The first kappa shape index (κ1) is 38.2. The molecule has 38 heavy (non-hydrogen) atoms. The van der Waals surface area contributed by atoms with Crippen LogP contribution in [0.3, 0.4) is 0 Å². The highest BCUT2D eigenvalue weighted by Crippen LogP contribution is 2.01. The third kappa shape index (κ3) is 27.9. The molecule has 0 aliphatic carbocycles. The van der Waals surface area contributed by atoms with Gasteiger partial charge < -0.3 is 59.9 Å². The zero-order chi connectivity index (χ0) is 30.3. The Bertz CT molecular complexity index is 880. The van der Waals surface area contributed by atoms with Crippen molar-refractivity contribution in [2.75, 3.05) is 13.1 Å². The molecule has 17 heteroatoms. The third-order valence-corrected chi connectivity index (χ3v) is 3.79. The second-order valence-corrected chi connectivity index (χ2v) is 7.17. The van der Waals surface area contributed by atoms with E-state index in [4.69, 9.17) is 54.2 Å². The first-order valence-electron chi connectivity index (χ1n) is 10.7. The Morgan fingerprint density at radius 3 is 1.50 bits per heavy atom. The topological polar surface area (TPSA) is 355 Å². The van der Waals surface area contributed by atoms with Crippen molar-refractivity contribution < 1.29 is 49.5 Å². The van der Waals surface area contributed by atoms with Crippen molar-refractivity contribution in [2.45, 2.75) is 43.8 Å². The molecule has 0 amide bonds. The van der Waals surface area contributed by atoms with Gasteiger partial charge in [0.05, 0.1) is 13.0 Å². The summed E-state index contributed by atoms with van der Waals surface area (Å²) in [4.78, 5) is 53.1. The van der Waals surface area contributed by atoms with Crippen molar-refractivity contribution in [1.29, 1.82) is 0 Å². The number of carboxylic acid groups (broad SMARTS) is 5. The second-order valence-electron chi connectivity index (χ2n) is 7.17. The van der Waals surface area contributed by atoms with E-state index >= 15 is 0 Å². The lowest BCUT2D eigenvalue weighted by Gasteiger charge is -2.04. The average Bonchev–Trinajstić information content (AvgIpc) is 2.82. The molecule has 1 aromatic rings. The standard InChI is InChI=1S/C9H11NO2.C6H14N4O2.C4H7NO4.C2H5NO2/c10-8(9(11)12)6-7-4-2-1-3-5-7;7-4(5(11)12)2-1-3-10-6(8)9;5-2(4(8)9)1-3(6)7;3-1-2(4)5/h1-5,8H,6,10H2,(H,11,12);4H,1-3,7H2,(H,11,12)(H4,8,9,10);2H,1,5H2,(H,6,7)(H,8,9);1,3H2,(H,4,5)/t8-;4-;2-;/m000./s1. The molecule has 3 atom stereocenters. The maximum Gasteiger partial charge on any atom is 0.321 e. The average molecular weight is 548 g/mol. The van der Waals surface area contributed by atoms with E-state index in [-0.39, 0.29) is 12.5 Å². The SMILES string of the molecule is NC(N)=NCCC[C@H](N)C(=O)O.NCC(=O)O.N[C@@H](CC(=O)O)C(=O)O.N[C@@H](Cc1ccccc1)C(=O)O. The van der Waals surface area contributed by atoms with E-state index in [1.165, 1.54) is 0 Å². The minimum absolute atomic E-state index is 0.0129. The highest BCUT2D eigenvalue weighted by atomic mass is 16.4. The minimum atomic E-state index is -1.29. The Balaban J connectivity index is -0.000000449. The molecule has 0 aliphatic heterocycles. The summed E-state index contributed by atoms with van der Waals surface area (Å²) in [5.41, 5.74) is 31.0. The van der Waals surface area contributed by atoms with Gasteiger partial charge in [-0.2, -0.15) is 0 Å². The van der Waals surface area contributed by atoms with Gasteiger partial charge >= 0.3 is 29.8 Å². The predicted octanol–water partition coefficient (Wildman–Crippen LogP) is -3.00. The molecule has 0 bridgehead atoms. The van der Waals surface area contributed by atoms with Crippen LogP contribution in [0.4, 0.5) is 0 Å². The van der Waals surface area contributed by atoms with Crippen LogP contribution in [0.15, 0.2) is 35.3 Å². The molecule has 0 saturated heterocycles. The summed E-state index contributed by atoms with van der Waals surface area (Å²) in [6.07, 6.45) is 0.809. The van der Waals surface area contributed by atoms with Gasteiger partial charge in [0.25, 0.3) is 0 Å². The van der Waals surface area contributed by atoms with Crippen molar-refractivity contribution in [3.05, 3.63) is 35.9 Å². The van der Waals surface area contributed by atoms with Gasteiger partial charge in [0.15, 0.2) is 5.96 Å². The fourth-order valence-corrected chi connectivity index (χ4v) is 1.87. The van der Waals surface area contributed by atoms with E-state index in [2.05, 4.69) is 10.7 Å². The van der Waals surface area contributed by atoms with Crippen LogP contribution in [0.2, 0.25) is 0 Å². The van der Waals surface area contributed by atoms with Gasteiger partial charge in [0.2, 0.25) is 0 Å². The van der Waals surface area contributed by atoms with E-state index in [1.807, 2.05) is 30.3 Å². The number of aliphatic carboxylic acids is 5. The molecule has 216 valence electrons. The summed E-state index contributed by atoms with van der Waals surface area (Å²) in [6, 6.07) is 6.43. The van der Waals surface area contributed by atoms with Gasteiger partial charge in [0, 0.05) is 6.54 Å². The maximum atomic E-state index is 10.4. The summed E-state index contributed by atoms with van der Waals surface area (Å²) in [7, 11) is 0. The number of guanidine groups is 1. The molecule has 17 N–H and O–H groups in total. The summed E-state index contributed by atoms with van der Waals surface area (Å²) in [5.74, 6) is -5.41. The molecule has 17 nitrogen and oxygen atoms in total. The van der Waals surface area contributed by atoms with Gasteiger partial charge in [0.1, 0.15) is 18.1 Å². The molecule has 0 heterocycles. The van der Waals surface area contributed by atoms with Crippen LogP contribution in [0.5, 0.6) is 0 Å². The Morgan fingerprint density at radius 2 is 1.18 bits per heavy atom. The lowest BCUT2D eigenvalue weighted by molar-refractivity contribution is -0.144. The number of nitrogens with two attached hydrogens (primary N) is 6. The lowest BCUT2D eigenvalue weighted by atomic mass is 10.1. The first-order valence-corrected chi connectivity index (χ1v) is 10.7. The van der Waals surface area contributed by atoms with Crippen molar-refractivity contribution in [3.63, 3.8) is 0 Å². The van der Waals surface area contributed by atoms with Crippen LogP contribution in [-0.2, 0) is 30.4 Å². The van der Waals surface area contributed by atoms with E-state index in [0.717, 1.165) is 5.56 Å². The van der Waals surface area contributed by atoms with Gasteiger partial charge in [-0.25, -0.2) is 0 Å². The van der Waals surface area contributed by atoms with Crippen LogP contribution in [0, 0.1) is 0 Å². The third-order valence-electron chi connectivity index (χ3n) is 3.79. The molecule has 1 rings (SSSR count). The van der Waals surface area contributed by atoms with Crippen molar-refractivity contribution in [2.24, 2.45) is 39.4 Å². The zero-order valence-electron chi connectivity index (χ0n) is 20.6. The van der Waals surface area contributed by atoms with Crippen LogP contribution in [0.25, 0.3) is 0 Å². The van der Waals surface area contributed by atoms with E-state index in [1.54, 1.807) is 0 Å². The number of aliphatic imine (C=N–C) groups is 1. The molecule has 0 unspecified atom stereocenters. The van der Waals surface area contributed by atoms with Crippen LogP contribution >= 0.6 is 0 Å². The second kappa shape index (κ2) is 23.1. The molecule has 1 aromatic carbocycles. The molecule has 0 aliphatic rings. The largest absolute Gasteiger partial charge is 0.481 e. The first-order chi connectivity index (χ1) is 17.5. The van der Waals surface area contributed by atoms with E-state index in [0.29, 0.717) is 25.8 Å². The smallest absolute Gasteiger partial charge is 0.321 e. The van der Waals surface area contributed by atoms with Crippen molar-refractivity contribution in [1.82, 2.24) is 0 Å². The summed E-state index contributed by atoms with van der Waals surface area (Å²) in [5, 5.41) is 40.5. The Kier molecular flexibility index (Phi) is 23.2.